The Kier molecular flexibility index (Phi) is 5.39. The molecule has 1 aliphatic rings. The van der Waals surface area contributed by atoms with Crippen molar-refractivity contribution in [3.05, 3.63) is 24.3 Å². The van der Waals surface area contributed by atoms with Crippen LogP contribution in [-0.2, 0) is 4.74 Å². The molecule has 2 heterocycles. The standard InChI is InChI=1S/C20H28N4O3/c1-6-26-18-17(21-15-9-7-8-10-16(15)22-18)24-12-11-23(13-14(24)2)19(25)27-20(3,4)5/h7-10,14H,6,11-13H2,1-5H3. The molecule has 27 heavy (non-hydrogen) atoms. The number of aromatic nitrogens is 2. The van der Waals surface area contributed by atoms with Gasteiger partial charge in [-0.15, -0.1) is 0 Å². The van der Waals surface area contributed by atoms with E-state index in [0.29, 0.717) is 32.1 Å². The van der Waals surface area contributed by atoms with E-state index in [2.05, 4.69) is 16.8 Å². The number of rotatable bonds is 3. The number of carbonyl (C=O) groups excluding carboxylic acids is 1. The summed E-state index contributed by atoms with van der Waals surface area (Å²) in [4.78, 5) is 25.7. The second-order valence-electron chi connectivity index (χ2n) is 7.74. The number of fused-ring (bicyclic) bond motifs is 1. The van der Waals surface area contributed by atoms with Crippen LogP contribution in [0, 0.1) is 0 Å². The van der Waals surface area contributed by atoms with Gasteiger partial charge in [-0.3, -0.25) is 0 Å². The number of piperazine rings is 1. The molecule has 0 N–H and O–H groups in total. The maximum atomic E-state index is 12.4. The number of nitrogens with zero attached hydrogens (tertiary/aromatic N) is 4. The Morgan fingerprint density at radius 2 is 1.85 bits per heavy atom. The van der Waals surface area contributed by atoms with E-state index in [9.17, 15) is 4.79 Å². The number of anilines is 1. The van der Waals surface area contributed by atoms with E-state index < -0.39 is 5.60 Å². The maximum Gasteiger partial charge on any atom is 0.410 e. The monoisotopic (exact) mass is 372 g/mol. The van der Waals surface area contributed by atoms with Crippen LogP contribution in [-0.4, -0.2) is 58.8 Å². The van der Waals surface area contributed by atoms with Gasteiger partial charge in [0, 0.05) is 25.7 Å². The molecule has 1 aromatic carbocycles. The van der Waals surface area contributed by atoms with Crippen LogP contribution >= 0.6 is 0 Å². The summed E-state index contributed by atoms with van der Waals surface area (Å²) in [5.74, 6) is 1.26. The first-order chi connectivity index (χ1) is 12.8. The van der Waals surface area contributed by atoms with E-state index in [4.69, 9.17) is 14.5 Å². The van der Waals surface area contributed by atoms with Crippen molar-refractivity contribution in [3.63, 3.8) is 0 Å². The van der Waals surface area contributed by atoms with Gasteiger partial charge in [0.25, 0.3) is 5.88 Å². The van der Waals surface area contributed by atoms with Gasteiger partial charge in [0.1, 0.15) is 5.60 Å². The number of benzene rings is 1. The fourth-order valence-electron chi connectivity index (χ4n) is 3.16. The topological polar surface area (TPSA) is 67.8 Å². The second-order valence-corrected chi connectivity index (χ2v) is 7.74. The van der Waals surface area contributed by atoms with Crippen molar-refractivity contribution in [2.75, 3.05) is 31.1 Å². The average Bonchev–Trinajstić information content (AvgIpc) is 2.60. The predicted octanol–water partition coefficient (Wildman–Crippen LogP) is 3.47. The summed E-state index contributed by atoms with van der Waals surface area (Å²) < 4.78 is 11.3. The van der Waals surface area contributed by atoms with E-state index in [1.807, 2.05) is 52.0 Å². The van der Waals surface area contributed by atoms with Crippen molar-refractivity contribution in [1.29, 1.82) is 0 Å². The zero-order valence-corrected chi connectivity index (χ0v) is 16.7. The first-order valence-corrected chi connectivity index (χ1v) is 9.42. The van der Waals surface area contributed by atoms with Crippen LogP contribution in [0.2, 0.25) is 0 Å². The summed E-state index contributed by atoms with van der Waals surface area (Å²) in [5, 5.41) is 0. The molecule has 146 valence electrons. The van der Waals surface area contributed by atoms with E-state index in [-0.39, 0.29) is 12.1 Å². The highest BCUT2D eigenvalue weighted by Gasteiger charge is 2.32. The molecule has 1 fully saturated rings. The minimum Gasteiger partial charge on any atom is -0.475 e. The van der Waals surface area contributed by atoms with Gasteiger partial charge in [0.15, 0.2) is 5.82 Å². The van der Waals surface area contributed by atoms with Gasteiger partial charge < -0.3 is 19.3 Å². The predicted molar refractivity (Wildman–Crippen MR) is 105 cm³/mol. The number of ether oxygens (including phenoxy) is 2. The van der Waals surface area contributed by atoms with Crippen LogP contribution in [0.3, 0.4) is 0 Å². The highest BCUT2D eigenvalue weighted by Crippen LogP contribution is 2.30. The maximum absolute atomic E-state index is 12.4. The molecule has 7 nitrogen and oxygen atoms in total. The van der Waals surface area contributed by atoms with E-state index in [1.165, 1.54) is 0 Å². The van der Waals surface area contributed by atoms with Crippen molar-refractivity contribution in [1.82, 2.24) is 14.9 Å². The molecule has 7 heteroatoms. The molecule has 0 saturated carbocycles. The Morgan fingerprint density at radius 1 is 1.19 bits per heavy atom. The van der Waals surface area contributed by atoms with Crippen molar-refractivity contribution in [2.45, 2.75) is 46.3 Å². The molecule has 2 aromatic rings. The van der Waals surface area contributed by atoms with Crippen LogP contribution < -0.4 is 9.64 Å². The summed E-state index contributed by atoms with van der Waals surface area (Å²) >= 11 is 0. The average molecular weight is 372 g/mol. The van der Waals surface area contributed by atoms with Crippen molar-refractivity contribution >= 4 is 22.9 Å². The van der Waals surface area contributed by atoms with Crippen LogP contribution in [0.5, 0.6) is 5.88 Å². The third-order valence-electron chi connectivity index (χ3n) is 4.35. The minimum absolute atomic E-state index is 0.0703. The van der Waals surface area contributed by atoms with Gasteiger partial charge in [-0.1, -0.05) is 12.1 Å². The first kappa shape index (κ1) is 19.2. The Labute approximate surface area is 160 Å². The summed E-state index contributed by atoms with van der Waals surface area (Å²) in [6.07, 6.45) is -0.274. The van der Waals surface area contributed by atoms with Crippen molar-refractivity contribution in [3.8, 4) is 5.88 Å². The molecule has 0 radical (unpaired) electrons. The third-order valence-corrected chi connectivity index (χ3v) is 4.35. The second kappa shape index (κ2) is 7.58. The summed E-state index contributed by atoms with van der Waals surface area (Å²) in [6.45, 7) is 11.9. The molecule has 1 amide bonds. The molecule has 1 aromatic heterocycles. The van der Waals surface area contributed by atoms with Gasteiger partial charge in [-0.2, -0.15) is 0 Å². The molecular formula is C20H28N4O3. The van der Waals surface area contributed by atoms with Crippen LogP contribution in [0.1, 0.15) is 34.6 Å². The Balaban J connectivity index is 1.83. The lowest BCUT2D eigenvalue weighted by Crippen LogP contribution is -2.55. The van der Waals surface area contributed by atoms with E-state index >= 15 is 0 Å². The lowest BCUT2D eigenvalue weighted by Gasteiger charge is -2.40. The van der Waals surface area contributed by atoms with Gasteiger partial charge in [-0.05, 0) is 46.8 Å². The summed E-state index contributed by atoms with van der Waals surface area (Å²) in [6, 6.07) is 7.84. The largest absolute Gasteiger partial charge is 0.475 e. The Hall–Kier alpha value is -2.57. The molecule has 1 aliphatic heterocycles. The van der Waals surface area contributed by atoms with Gasteiger partial charge >= 0.3 is 6.09 Å². The zero-order valence-electron chi connectivity index (χ0n) is 16.7. The fraction of sp³-hybridized carbons (Fsp3) is 0.550. The fourth-order valence-corrected chi connectivity index (χ4v) is 3.16. The van der Waals surface area contributed by atoms with Gasteiger partial charge in [-0.25, -0.2) is 14.8 Å². The van der Waals surface area contributed by atoms with Crippen LogP contribution in [0.25, 0.3) is 11.0 Å². The van der Waals surface area contributed by atoms with E-state index in [0.717, 1.165) is 16.9 Å². The van der Waals surface area contributed by atoms with Crippen molar-refractivity contribution in [2.24, 2.45) is 0 Å². The van der Waals surface area contributed by atoms with Gasteiger partial charge in [0.05, 0.1) is 17.6 Å². The first-order valence-electron chi connectivity index (χ1n) is 9.42. The molecular weight excluding hydrogens is 344 g/mol. The molecule has 1 atom stereocenters. The van der Waals surface area contributed by atoms with Crippen LogP contribution in [0.15, 0.2) is 24.3 Å². The molecule has 0 aliphatic carbocycles. The number of hydrogen-bond acceptors (Lipinski definition) is 6. The van der Waals surface area contributed by atoms with E-state index in [1.54, 1.807) is 4.90 Å². The number of carbonyl (C=O) groups is 1. The number of para-hydroxylation sites is 2. The number of amides is 1. The smallest absolute Gasteiger partial charge is 0.410 e. The highest BCUT2D eigenvalue weighted by atomic mass is 16.6. The molecule has 1 unspecified atom stereocenters. The highest BCUT2D eigenvalue weighted by molar-refractivity contribution is 5.77. The lowest BCUT2D eigenvalue weighted by atomic mass is 10.2. The quantitative estimate of drug-likeness (QED) is 0.822. The minimum atomic E-state index is -0.497. The molecule has 3 rings (SSSR count). The Morgan fingerprint density at radius 3 is 2.44 bits per heavy atom. The Bertz CT molecular complexity index is 818. The summed E-state index contributed by atoms with van der Waals surface area (Å²) in [7, 11) is 0. The molecule has 0 spiro atoms. The van der Waals surface area contributed by atoms with Gasteiger partial charge in [0.2, 0.25) is 0 Å². The third kappa shape index (κ3) is 4.40. The summed E-state index contributed by atoms with van der Waals surface area (Å²) in [5.41, 5.74) is 1.14. The SMILES string of the molecule is CCOc1nc2ccccc2nc1N1CCN(C(=O)OC(C)(C)C)CC1C. The van der Waals surface area contributed by atoms with Crippen LogP contribution in [0.4, 0.5) is 10.6 Å². The normalized spacial score (nSPS) is 17.9. The number of hydrogen-bond donors (Lipinski definition) is 0. The lowest BCUT2D eigenvalue weighted by molar-refractivity contribution is 0.0218. The molecule has 1 saturated heterocycles. The molecule has 0 bridgehead atoms. The van der Waals surface area contributed by atoms with Crippen molar-refractivity contribution < 1.29 is 14.3 Å². The zero-order chi connectivity index (χ0) is 19.6.